The van der Waals surface area contributed by atoms with Gasteiger partial charge >= 0.3 is 6.18 Å². The summed E-state index contributed by atoms with van der Waals surface area (Å²) in [5.74, 6) is 0.496. The highest BCUT2D eigenvalue weighted by atomic mass is 19.4. The summed E-state index contributed by atoms with van der Waals surface area (Å²) < 4.78 is 38.5. The highest BCUT2D eigenvalue weighted by Crippen LogP contribution is 2.30. The Labute approximate surface area is 165 Å². The predicted octanol–water partition coefficient (Wildman–Crippen LogP) is 4.27. The van der Waals surface area contributed by atoms with Crippen molar-refractivity contribution >= 4 is 23.2 Å². The number of hydrogen-bond acceptors (Lipinski definition) is 5. The van der Waals surface area contributed by atoms with Crippen molar-refractivity contribution in [1.82, 2.24) is 9.97 Å². The lowest BCUT2D eigenvalue weighted by Crippen LogP contribution is -2.19. The van der Waals surface area contributed by atoms with E-state index in [9.17, 15) is 18.0 Å². The molecule has 0 saturated heterocycles. The van der Waals surface area contributed by atoms with E-state index in [2.05, 4.69) is 25.9 Å². The molecule has 3 rings (SSSR count). The minimum absolute atomic E-state index is 0.0523. The monoisotopic (exact) mass is 401 g/mol. The lowest BCUT2D eigenvalue weighted by molar-refractivity contribution is -0.137. The third-order valence-electron chi connectivity index (χ3n) is 3.89. The first kappa shape index (κ1) is 20.1. The first-order valence-electron chi connectivity index (χ1n) is 8.76. The number of nitrogens with one attached hydrogen (secondary N) is 3. The fourth-order valence-electron chi connectivity index (χ4n) is 2.54. The summed E-state index contributed by atoms with van der Waals surface area (Å²) in [5.41, 5.74) is -0.556. The number of nitrogens with zero attached hydrogens (tertiary/aromatic N) is 2. The highest BCUT2D eigenvalue weighted by Gasteiger charge is 2.30. The van der Waals surface area contributed by atoms with Gasteiger partial charge in [-0.2, -0.15) is 13.2 Å². The largest absolute Gasteiger partial charge is 0.416 e. The van der Waals surface area contributed by atoms with Crippen molar-refractivity contribution in [2.75, 3.05) is 29.0 Å². The Morgan fingerprint density at radius 1 is 0.897 bits per heavy atom. The van der Waals surface area contributed by atoms with Crippen LogP contribution in [0.2, 0.25) is 0 Å². The van der Waals surface area contributed by atoms with Gasteiger partial charge in [-0.05, 0) is 42.5 Å². The summed E-state index contributed by atoms with van der Waals surface area (Å²) in [6.45, 7) is 0.986. The number of alkyl halides is 3. The van der Waals surface area contributed by atoms with Crippen LogP contribution in [0.25, 0.3) is 0 Å². The van der Waals surface area contributed by atoms with Crippen molar-refractivity contribution in [3.05, 3.63) is 78.1 Å². The van der Waals surface area contributed by atoms with E-state index >= 15 is 0 Å². The molecular formula is C20H18F3N5O. The van der Waals surface area contributed by atoms with E-state index in [1.165, 1.54) is 18.3 Å². The lowest BCUT2D eigenvalue weighted by atomic mass is 10.1. The maximum atomic E-state index is 12.8. The van der Waals surface area contributed by atoms with Crippen LogP contribution in [0, 0.1) is 0 Å². The van der Waals surface area contributed by atoms with Gasteiger partial charge in [0.25, 0.3) is 5.91 Å². The number of anilines is 3. The molecule has 0 unspecified atom stereocenters. The Bertz CT molecular complexity index is 964. The van der Waals surface area contributed by atoms with Crippen molar-refractivity contribution in [2.24, 2.45) is 0 Å². The number of pyridine rings is 2. The van der Waals surface area contributed by atoms with Gasteiger partial charge in [0.15, 0.2) is 0 Å². The first-order chi connectivity index (χ1) is 13.9. The van der Waals surface area contributed by atoms with Crippen molar-refractivity contribution in [2.45, 2.75) is 6.18 Å². The SMILES string of the molecule is O=C(Nc1cccc(C(F)(F)F)c1)c1cccnc1NCCNc1ccccn1. The van der Waals surface area contributed by atoms with E-state index < -0.39 is 17.6 Å². The van der Waals surface area contributed by atoms with Crippen molar-refractivity contribution in [3.63, 3.8) is 0 Å². The van der Waals surface area contributed by atoms with Gasteiger partial charge in [0, 0.05) is 31.2 Å². The summed E-state index contributed by atoms with van der Waals surface area (Å²) in [7, 11) is 0. The highest BCUT2D eigenvalue weighted by molar-refractivity contribution is 6.07. The number of benzene rings is 1. The molecule has 29 heavy (non-hydrogen) atoms. The standard InChI is InChI=1S/C20H18F3N5O/c21-20(22,23)14-5-3-6-15(13-14)28-19(29)16-7-4-10-26-18(16)27-12-11-25-17-8-1-2-9-24-17/h1-10,13H,11-12H2,(H,24,25)(H,26,27)(H,28,29). The molecule has 0 radical (unpaired) electrons. The van der Waals surface area contributed by atoms with Crippen molar-refractivity contribution < 1.29 is 18.0 Å². The van der Waals surface area contributed by atoms with Gasteiger partial charge in [0.2, 0.25) is 0 Å². The van der Waals surface area contributed by atoms with E-state index in [1.54, 1.807) is 18.3 Å². The number of amides is 1. The summed E-state index contributed by atoms with van der Waals surface area (Å²) in [6, 6.07) is 13.1. The molecule has 150 valence electrons. The molecule has 2 aromatic heterocycles. The van der Waals surface area contributed by atoms with Gasteiger partial charge < -0.3 is 16.0 Å². The van der Waals surface area contributed by atoms with Crippen LogP contribution in [0.3, 0.4) is 0 Å². The molecule has 0 bridgehead atoms. The smallest absolute Gasteiger partial charge is 0.368 e. The predicted molar refractivity (Wildman–Crippen MR) is 105 cm³/mol. The third-order valence-corrected chi connectivity index (χ3v) is 3.89. The maximum absolute atomic E-state index is 12.8. The molecule has 1 aromatic carbocycles. The first-order valence-corrected chi connectivity index (χ1v) is 8.76. The van der Waals surface area contributed by atoms with E-state index in [4.69, 9.17) is 0 Å². The Morgan fingerprint density at radius 3 is 2.45 bits per heavy atom. The van der Waals surface area contributed by atoms with Gasteiger partial charge in [-0.25, -0.2) is 9.97 Å². The Hall–Kier alpha value is -3.62. The molecule has 1 amide bonds. The third kappa shape index (κ3) is 5.68. The zero-order valence-electron chi connectivity index (χ0n) is 15.2. The number of carbonyl (C=O) groups excluding carboxylic acids is 1. The van der Waals surface area contributed by atoms with Crippen LogP contribution in [-0.4, -0.2) is 29.0 Å². The quantitative estimate of drug-likeness (QED) is 0.515. The zero-order valence-corrected chi connectivity index (χ0v) is 15.2. The molecule has 3 aromatic rings. The average Bonchev–Trinajstić information content (AvgIpc) is 2.72. The Morgan fingerprint density at radius 2 is 1.69 bits per heavy atom. The van der Waals surface area contributed by atoms with Gasteiger partial charge in [-0.3, -0.25) is 4.79 Å². The molecule has 2 heterocycles. The average molecular weight is 401 g/mol. The molecule has 0 fully saturated rings. The van der Waals surface area contributed by atoms with Gasteiger partial charge in [0.05, 0.1) is 11.1 Å². The van der Waals surface area contributed by atoms with E-state index in [-0.39, 0.29) is 11.3 Å². The Kier molecular flexibility index (Phi) is 6.28. The van der Waals surface area contributed by atoms with E-state index in [1.807, 2.05) is 18.2 Å². The number of halogens is 3. The summed E-state index contributed by atoms with van der Waals surface area (Å²) in [6.07, 6.45) is -1.29. The topological polar surface area (TPSA) is 78.9 Å². The van der Waals surface area contributed by atoms with Crippen LogP contribution < -0.4 is 16.0 Å². The normalized spacial score (nSPS) is 11.0. The number of aromatic nitrogens is 2. The van der Waals surface area contributed by atoms with Gasteiger partial charge in [0.1, 0.15) is 11.6 Å². The second-order valence-electron chi connectivity index (χ2n) is 6.00. The molecule has 0 saturated carbocycles. The van der Waals surface area contributed by atoms with Crippen molar-refractivity contribution in [3.8, 4) is 0 Å². The minimum Gasteiger partial charge on any atom is -0.368 e. The number of hydrogen-bond donors (Lipinski definition) is 3. The molecular weight excluding hydrogens is 383 g/mol. The zero-order chi connectivity index (χ0) is 20.7. The lowest BCUT2D eigenvalue weighted by Gasteiger charge is -2.13. The van der Waals surface area contributed by atoms with Crippen LogP contribution in [0.15, 0.2) is 67.0 Å². The van der Waals surface area contributed by atoms with Crippen LogP contribution in [0.1, 0.15) is 15.9 Å². The molecule has 0 aliphatic carbocycles. The molecule has 0 aliphatic heterocycles. The second-order valence-corrected chi connectivity index (χ2v) is 6.00. The number of carbonyl (C=O) groups is 1. The second kappa shape index (κ2) is 9.05. The summed E-state index contributed by atoms with van der Waals surface area (Å²) >= 11 is 0. The van der Waals surface area contributed by atoms with Crippen LogP contribution >= 0.6 is 0 Å². The molecule has 6 nitrogen and oxygen atoms in total. The summed E-state index contributed by atoms with van der Waals surface area (Å²) in [4.78, 5) is 20.8. The fourth-order valence-corrected chi connectivity index (χ4v) is 2.54. The van der Waals surface area contributed by atoms with Gasteiger partial charge in [-0.1, -0.05) is 12.1 Å². The maximum Gasteiger partial charge on any atom is 0.416 e. The molecule has 0 aliphatic rings. The minimum atomic E-state index is -4.48. The fraction of sp³-hybridized carbons (Fsp3) is 0.150. The van der Waals surface area contributed by atoms with E-state index in [0.717, 1.165) is 18.0 Å². The van der Waals surface area contributed by atoms with Crippen LogP contribution in [-0.2, 0) is 6.18 Å². The number of rotatable bonds is 7. The van der Waals surface area contributed by atoms with Gasteiger partial charge in [-0.15, -0.1) is 0 Å². The molecule has 9 heteroatoms. The van der Waals surface area contributed by atoms with E-state index in [0.29, 0.717) is 18.9 Å². The van der Waals surface area contributed by atoms with Crippen LogP contribution in [0.5, 0.6) is 0 Å². The molecule has 3 N–H and O–H groups in total. The van der Waals surface area contributed by atoms with Crippen LogP contribution in [0.4, 0.5) is 30.5 Å². The molecule has 0 spiro atoms. The van der Waals surface area contributed by atoms with Crippen molar-refractivity contribution in [1.29, 1.82) is 0 Å². The Balaban J connectivity index is 1.63. The molecule has 0 atom stereocenters. The summed E-state index contributed by atoms with van der Waals surface area (Å²) in [5, 5.41) is 8.64.